The maximum Gasteiger partial charge on any atom is 1.00 e. The van der Waals surface area contributed by atoms with E-state index in [1.165, 1.54) is 12.1 Å². The second kappa shape index (κ2) is 9.21. The maximum atomic E-state index is 10.5. The molecule has 0 aliphatic heterocycles. The summed E-state index contributed by atoms with van der Waals surface area (Å²) < 4.78 is 9.67. The van der Waals surface area contributed by atoms with Crippen LogP contribution in [-0.2, 0) is 0 Å². The summed E-state index contributed by atoms with van der Waals surface area (Å²) in [4.78, 5) is 0. The Kier molecular flexibility index (Phi) is 8.35. The van der Waals surface area contributed by atoms with Gasteiger partial charge in [0.1, 0.15) is 17.2 Å². The van der Waals surface area contributed by atoms with E-state index in [0.717, 1.165) is 5.75 Å². The molecule has 0 aliphatic carbocycles. The van der Waals surface area contributed by atoms with E-state index >= 15 is 0 Å². The molecule has 0 fully saturated rings. The van der Waals surface area contributed by atoms with Gasteiger partial charge >= 0.3 is 18.9 Å². The fraction of sp³-hybridized carbons (Fsp3) is 0.143. The summed E-state index contributed by atoms with van der Waals surface area (Å²) in [5.74, 6) is 1.63. The SMILES string of the molecule is COc1ccc([O-])cc1.COc1cccc(O)c1.[Li+]. The monoisotopic (exact) mass is 254 g/mol. The van der Waals surface area contributed by atoms with Gasteiger partial charge in [0.15, 0.2) is 0 Å². The van der Waals surface area contributed by atoms with Crippen LogP contribution in [0.25, 0.3) is 0 Å². The quantitative estimate of drug-likeness (QED) is 0.711. The van der Waals surface area contributed by atoms with Gasteiger partial charge in [0.25, 0.3) is 0 Å². The van der Waals surface area contributed by atoms with E-state index in [2.05, 4.69) is 0 Å². The normalized spacial score (nSPS) is 8.53. The van der Waals surface area contributed by atoms with E-state index in [4.69, 9.17) is 14.6 Å². The van der Waals surface area contributed by atoms with E-state index < -0.39 is 0 Å². The van der Waals surface area contributed by atoms with Crippen molar-refractivity contribution in [3.8, 4) is 23.0 Å². The molecular formula is C14H15LiO4. The van der Waals surface area contributed by atoms with Gasteiger partial charge in [-0.3, -0.25) is 0 Å². The van der Waals surface area contributed by atoms with Gasteiger partial charge in [-0.25, -0.2) is 0 Å². The first kappa shape index (κ1) is 17.2. The molecule has 0 saturated carbocycles. The van der Waals surface area contributed by atoms with Crippen LogP contribution in [0.4, 0.5) is 0 Å². The minimum Gasteiger partial charge on any atom is -0.872 e. The second-order valence-electron chi connectivity index (χ2n) is 3.38. The van der Waals surface area contributed by atoms with Gasteiger partial charge in [0.05, 0.1) is 14.2 Å². The maximum absolute atomic E-state index is 10.5. The Morgan fingerprint density at radius 3 is 1.89 bits per heavy atom. The summed E-state index contributed by atoms with van der Waals surface area (Å²) >= 11 is 0. The average Bonchev–Trinajstić information content (AvgIpc) is 2.40. The number of benzene rings is 2. The van der Waals surface area contributed by atoms with Gasteiger partial charge in [-0.05, 0) is 24.3 Å². The van der Waals surface area contributed by atoms with E-state index in [-0.39, 0.29) is 30.4 Å². The standard InChI is InChI=1S/2C7H8O2.Li/c1-9-7-4-2-6(8)3-5-7;1-9-7-4-2-3-6(8)5-7;/h2*2-5,8H,1H3;/q;;+1/p-1. The molecule has 0 bridgehead atoms. The molecule has 0 aliphatic rings. The molecule has 2 aromatic carbocycles. The summed E-state index contributed by atoms with van der Waals surface area (Å²) in [5.41, 5.74) is 0. The summed E-state index contributed by atoms with van der Waals surface area (Å²) in [6.45, 7) is 0. The molecule has 0 amide bonds. The topological polar surface area (TPSA) is 61.8 Å². The number of hydrogen-bond acceptors (Lipinski definition) is 4. The zero-order valence-electron chi connectivity index (χ0n) is 11.3. The van der Waals surface area contributed by atoms with Crippen LogP contribution < -0.4 is 33.4 Å². The van der Waals surface area contributed by atoms with Crippen LogP contribution in [0.1, 0.15) is 0 Å². The van der Waals surface area contributed by atoms with Crippen LogP contribution >= 0.6 is 0 Å². The molecule has 1 N–H and O–H groups in total. The predicted octanol–water partition coefficient (Wildman–Crippen LogP) is -0.826. The Hall–Kier alpha value is -1.76. The molecule has 0 saturated heterocycles. The summed E-state index contributed by atoms with van der Waals surface area (Å²) in [7, 11) is 3.13. The van der Waals surface area contributed by atoms with Crippen LogP contribution in [0.3, 0.4) is 0 Å². The third-order valence-corrected chi connectivity index (χ3v) is 2.11. The molecule has 0 unspecified atom stereocenters. The molecule has 0 heterocycles. The number of phenols is 1. The van der Waals surface area contributed by atoms with E-state index in [1.54, 1.807) is 50.6 Å². The molecule has 2 aromatic rings. The van der Waals surface area contributed by atoms with Gasteiger partial charge in [-0.2, -0.15) is 0 Å². The molecule has 0 atom stereocenters. The van der Waals surface area contributed by atoms with Gasteiger partial charge in [-0.1, -0.05) is 18.2 Å². The van der Waals surface area contributed by atoms with Crippen LogP contribution in [0.15, 0.2) is 48.5 Å². The summed E-state index contributed by atoms with van der Waals surface area (Å²) in [6.07, 6.45) is 0. The molecule has 0 radical (unpaired) electrons. The largest absolute Gasteiger partial charge is 1.00 e. The third-order valence-electron chi connectivity index (χ3n) is 2.11. The third kappa shape index (κ3) is 6.66. The number of aromatic hydroxyl groups is 1. The average molecular weight is 254 g/mol. The molecule has 5 heteroatoms. The Morgan fingerprint density at radius 1 is 0.895 bits per heavy atom. The van der Waals surface area contributed by atoms with Crippen molar-refractivity contribution in [1.82, 2.24) is 0 Å². The number of ether oxygens (including phenoxy) is 2. The molecular weight excluding hydrogens is 239 g/mol. The van der Waals surface area contributed by atoms with Crippen molar-refractivity contribution in [2.24, 2.45) is 0 Å². The van der Waals surface area contributed by atoms with Crippen molar-refractivity contribution < 1.29 is 38.5 Å². The Balaban J connectivity index is 0.000000324. The van der Waals surface area contributed by atoms with Gasteiger partial charge in [0, 0.05) is 6.07 Å². The van der Waals surface area contributed by atoms with Crippen molar-refractivity contribution in [2.75, 3.05) is 14.2 Å². The predicted molar refractivity (Wildman–Crippen MR) is 67.1 cm³/mol. The Bertz CT molecular complexity index is 471. The first-order valence-electron chi connectivity index (χ1n) is 5.30. The van der Waals surface area contributed by atoms with Crippen molar-refractivity contribution in [1.29, 1.82) is 0 Å². The zero-order chi connectivity index (χ0) is 13.4. The van der Waals surface area contributed by atoms with Gasteiger partial charge in [-0.15, -0.1) is 5.75 Å². The van der Waals surface area contributed by atoms with Crippen LogP contribution in [0.5, 0.6) is 23.0 Å². The summed E-state index contributed by atoms with van der Waals surface area (Å²) in [6, 6.07) is 12.9. The molecule has 19 heavy (non-hydrogen) atoms. The van der Waals surface area contributed by atoms with Crippen molar-refractivity contribution in [3.63, 3.8) is 0 Å². The fourth-order valence-electron chi connectivity index (χ4n) is 1.19. The molecule has 96 valence electrons. The van der Waals surface area contributed by atoms with E-state index in [0.29, 0.717) is 5.75 Å². The molecule has 0 aromatic heterocycles. The van der Waals surface area contributed by atoms with E-state index in [1.807, 2.05) is 0 Å². The smallest absolute Gasteiger partial charge is 0.872 e. The van der Waals surface area contributed by atoms with Crippen molar-refractivity contribution in [3.05, 3.63) is 48.5 Å². The van der Waals surface area contributed by atoms with Crippen molar-refractivity contribution in [2.45, 2.75) is 0 Å². The van der Waals surface area contributed by atoms with E-state index in [9.17, 15) is 5.11 Å². The molecule has 2 rings (SSSR count). The number of methoxy groups -OCH3 is 2. The minimum absolute atomic E-state index is 0. The van der Waals surface area contributed by atoms with Crippen molar-refractivity contribution >= 4 is 0 Å². The van der Waals surface area contributed by atoms with Gasteiger partial charge in [0.2, 0.25) is 0 Å². The number of rotatable bonds is 2. The Morgan fingerprint density at radius 2 is 1.47 bits per heavy atom. The summed E-state index contributed by atoms with van der Waals surface area (Å²) in [5, 5.41) is 19.3. The van der Waals surface area contributed by atoms with Gasteiger partial charge < -0.3 is 19.7 Å². The minimum atomic E-state index is 0. The fourth-order valence-corrected chi connectivity index (χ4v) is 1.19. The molecule has 4 nitrogen and oxygen atoms in total. The Labute approximate surface area is 124 Å². The first-order valence-corrected chi connectivity index (χ1v) is 5.30. The molecule has 0 spiro atoms. The van der Waals surface area contributed by atoms with Crippen LogP contribution in [0.2, 0.25) is 0 Å². The van der Waals surface area contributed by atoms with Crippen LogP contribution in [-0.4, -0.2) is 19.3 Å². The first-order chi connectivity index (χ1) is 8.65. The zero-order valence-corrected chi connectivity index (χ0v) is 11.3. The number of phenolic OH excluding ortho intramolecular Hbond substituents is 1. The van der Waals surface area contributed by atoms with Crippen LogP contribution in [0, 0.1) is 0 Å². The number of hydrogen-bond donors (Lipinski definition) is 1. The second-order valence-corrected chi connectivity index (χ2v) is 3.38.